The summed E-state index contributed by atoms with van der Waals surface area (Å²) in [4.78, 5) is 33.5. The number of nitrogens with one attached hydrogen (secondary N) is 2. The predicted molar refractivity (Wildman–Crippen MR) is 71.1 cm³/mol. The first-order valence-electron chi connectivity index (χ1n) is 5.46. The van der Waals surface area contributed by atoms with Gasteiger partial charge in [-0.15, -0.1) is 11.8 Å². The number of imide groups is 1. The van der Waals surface area contributed by atoms with Gasteiger partial charge in [-0.1, -0.05) is 12.1 Å². The van der Waals surface area contributed by atoms with Crippen molar-refractivity contribution in [3.8, 4) is 0 Å². The van der Waals surface area contributed by atoms with E-state index in [4.69, 9.17) is 5.11 Å². The fourth-order valence-corrected chi connectivity index (χ4v) is 1.95. The van der Waals surface area contributed by atoms with Gasteiger partial charge in [-0.2, -0.15) is 0 Å². The van der Waals surface area contributed by atoms with Crippen molar-refractivity contribution in [2.75, 3.05) is 12.8 Å². The van der Waals surface area contributed by atoms with E-state index in [9.17, 15) is 14.4 Å². The first-order valence-corrected chi connectivity index (χ1v) is 6.45. The lowest BCUT2D eigenvalue weighted by atomic mass is 10.2. The SMILES string of the molecule is CNC(=O)NC(=O)CSc1ccc(CC(=O)O)cc1. The number of hydrogen-bond acceptors (Lipinski definition) is 4. The molecule has 1 rings (SSSR count). The van der Waals surface area contributed by atoms with Crippen molar-refractivity contribution >= 4 is 29.7 Å². The van der Waals surface area contributed by atoms with Crippen molar-refractivity contribution in [2.45, 2.75) is 11.3 Å². The van der Waals surface area contributed by atoms with Gasteiger partial charge in [-0.3, -0.25) is 14.9 Å². The summed E-state index contributed by atoms with van der Waals surface area (Å²) in [5.74, 6) is -1.16. The molecular formula is C12H14N2O4S. The zero-order chi connectivity index (χ0) is 14.3. The predicted octanol–water partition coefficient (Wildman–Crippen LogP) is 0.861. The third-order valence-corrected chi connectivity index (χ3v) is 3.14. The van der Waals surface area contributed by atoms with Crippen LogP contribution in [-0.2, 0) is 16.0 Å². The molecule has 0 fully saturated rings. The number of thioether (sulfide) groups is 1. The Kier molecular flexibility index (Phi) is 5.87. The quantitative estimate of drug-likeness (QED) is 0.696. The maximum Gasteiger partial charge on any atom is 0.321 e. The van der Waals surface area contributed by atoms with Crippen LogP contribution < -0.4 is 10.6 Å². The fraction of sp³-hybridized carbons (Fsp3) is 0.250. The molecule has 7 heteroatoms. The Labute approximate surface area is 114 Å². The molecular weight excluding hydrogens is 268 g/mol. The molecule has 0 bridgehead atoms. The van der Waals surface area contributed by atoms with Crippen LogP contribution in [0.1, 0.15) is 5.56 Å². The maximum atomic E-state index is 11.3. The van der Waals surface area contributed by atoms with E-state index < -0.39 is 12.0 Å². The highest BCUT2D eigenvalue weighted by atomic mass is 32.2. The molecule has 0 aliphatic heterocycles. The number of carboxylic acids is 1. The number of aliphatic carboxylic acids is 1. The highest BCUT2D eigenvalue weighted by Gasteiger charge is 2.06. The largest absolute Gasteiger partial charge is 0.481 e. The van der Waals surface area contributed by atoms with Crippen LogP contribution in [0, 0.1) is 0 Å². The number of urea groups is 1. The Morgan fingerprint density at radius 3 is 2.37 bits per heavy atom. The number of hydrogen-bond donors (Lipinski definition) is 3. The lowest BCUT2D eigenvalue weighted by Crippen LogP contribution is -2.38. The number of carbonyl (C=O) groups excluding carboxylic acids is 2. The van der Waals surface area contributed by atoms with Gasteiger partial charge in [0.1, 0.15) is 0 Å². The molecule has 1 aromatic rings. The minimum absolute atomic E-state index is 0.0257. The summed E-state index contributed by atoms with van der Waals surface area (Å²) < 4.78 is 0. The molecule has 0 saturated heterocycles. The van der Waals surface area contributed by atoms with Gasteiger partial charge >= 0.3 is 12.0 Å². The van der Waals surface area contributed by atoms with Gasteiger partial charge in [0.05, 0.1) is 12.2 Å². The number of benzene rings is 1. The minimum atomic E-state index is -0.884. The van der Waals surface area contributed by atoms with Crippen LogP contribution >= 0.6 is 11.8 Å². The molecule has 0 spiro atoms. The first-order chi connectivity index (χ1) is 9.01. The van der Waals surface area contributed by atoms with Crippen LogP contribution in [0.4, 0.5) is 4.79 Å². The summed E-state index contributed by atoms with van der Waals surface area (Å²) in [6, 6.07) is 6.36. The standard InChI is InChI=1S/C12H14N2O4S/c1-13-12(18)14-10(15)7-19-9-4-2-8(3-5-9)6-11(16)17/h2-5H,6-7H2,1H3,(H,16,17)(H2,13,14,15,18). The molecule has 0 atom stereocenters. The second-order valence-corrected chi connectivity index (χ2v) is 4.68. The number of amides is 3. The van der Waals surface area contributed by atoms with E-state index in [0.29, 0.717) is 5.56 Å². The van der Waals surface area contributed by atoms with E-state index in [1.165, 1.54) is 18.8 Å². The van der Waals surface area contributed by atoms with Crippen molar-refractivity contribution in [3.63, 3.8) is 0 Å². The molecule has 0 unspecified atom stereocenters. The van der Waals surface area contributed by atoms with Crippen LogP contribution in [0.25, 0.3) is 0 Å². The van der Waals surface area contributed by atoms with Crippen LogP contribution in [-0.4, -0.2) is 35.8 Å². The van der Waals surface area contributed by atoms with Crippen molar-refractivity contribution in [3.05, 3.63) is 29.8 Å². The Hall–Kier alpha value is -2.02. The summed E-state index contributed by atoms with van der Waals surface area (Å²) in [6.45, 7) is 0. The summed E-state index contributed by atoms with van der Waals surface area (Å²) in [7, 11) is 1.43. The summed E-state index contributed by atoms with van der Waals surface area (Å²) >= 11 is 1.27. The van der Waals surface area contributed by atoms with Gasteiger partial charge < -0.3 is 10.4 Å². The van der Waals surface area contributed by atoms with Crippen LogP contribution in [0.2, 0.25) is 0 Å². The topological polar surface area (TPSA) is 95.5 Å². The number of rotatable bonds is 5. The molecule has 0 saturated carbocycles. The van der Waals surface area contributed by atoms with Crippen molar-refractivity contribution in [1.82, 2.24) is 10.6 Å². The highest BCUT2D eigenvalue weighted by molar-refractivity contribution is 8.00. The van der Waals surface area contributed by atoms with E-state index in [2.05, 4.69) is 10.6 Å². The Balaban J connectivity index is 2.43. The lowest BCUT2D eigenvalue weighted by molar-refractivity contribution is -0.136. The third-order valence-electron chi connectivity index (χ3n) is 2.13. The molecule has 0 radical (unpaired) electrons. The van der Waals surface area contributed by atoms with E-state index in [1.807, 2.05) is 0 Å². The number of carboxylic acid groups (broad SMARTS) is 1. The first kappa shape index (κ1) is 15.0. The second-order valence-electron chi connectivity index (χ2n) is 3.63. The maximum absolute atomic E-state index is 11.3. The molecule has 1 aromatic carbocycles. The summed E-state index contributed by atoms with van der Waals surface area (Å²) in [5, 5.41) is 13.1. The Morgan fingerprint density at radius 1 is 1.21 bits per heavy atom. The monoisotopic (exact) mass is 282 g/mol. The van der Waals surface area contributed by atoms with E-state index in [0.717, 1.165) is 4.90 Å². The molecule has 6 nitrogen and oxygen atoms in total. The van der Waals surface area contributed by atoms with E-state index in [1.54, 1.807) is 24.3 Å². The van der Waals surface area contributed by atoms with Gasteiger partial charge in [0, 0.05) is 11.9 Å². The molecule has 0 heterocycles. The Morgan fingerprint density at radius 2 is 1.84 bits per heavy atom. The molecule has 3 amide bonds. The van der Waals surface area contributed by atoms with Gasteiger partial charge in [-0.05, 0) is 17.7 Å². The molecule has 102 valence electrons. The van der Waals surface area contributed by atoms with Crippen molar-refractivity contribution in [2.24, 2.45) is 0 Å². The smallest absolute Gasteiger partial charge is 0.321 e. The van der Waals surface area contributed by atoms with E-state index in [-0.39, 0.29) is 18.1 Å². The fourth-order valence-electron chi connectivity index (χ4n) is 1.25. The van der Waals surface area contributed by atoms with Gasteiger partial charge in [0.25, 0.3) is 0 Å². The summed E-state index contributed by atoms with van der Waals surface area (Å²) in [5.41, 5.74) is 0.701. The van der Waals surface area contributed by atoms with Crippen LogP contribution in [0.5, 0.6) is 0 Å². The zero-order valence-electron chi connectivity index (χ0n) is 10.3. The molecule has 0 aliphatic rings. The number of carbonyl (C=O) groups is 3. The van der Waals surface area contributed by atoms with Crippen LogP contribution in [0.3, 0.4) is 0 Å². The highest BCUT2D eigenvalue weighted by Crippen LogP contribution is 2.18. The van der Waals surface area contributed by atoms with Gasteiger partial charge in [0.15, 0.2) is 0 Å². The van der Waals surface area contributed by atoms with E-state index >= 15 is 0 Å². The second kappa shape index (κ2) is 7.42. The van der Waals surface area contributed by atoms with Crippen molar-refractivity contribution < 1.29 is 19.5 Å². The summed E-state index contributed by atoms with van der Waals surface area (Å²) in [6.07, 6.45) is -0.0257. The Bertz CT molecular complexity index is 473. The average Bonchev–Trinajstić information content (AvgIpc) is 2.37. The van der Waals surface area contributed by atoms with Crippen molar-refractivity contribution in [1.29, 1.82) is 0 Å². The van der Waals surface area contributed by atoms with Crippen LogP contribution in [0.15, 0.2) is 29.2 Å². The molecule has 0 aliphatic carbocycles. The minimum Gasteiger partial charge on any atom is -0.481 e. The average molecular weight is 282 g/mol. The zero-order valence-corrected chi connectivity index (χ0v) is 11.1. The molecule has 19 heavy (non-hydrogen) atoms. The van der Waals surface area contributed by atoms with Gasteiger partial charge in [-0.25, -0.2) is 4.79 Å². The lowest BCUT2D eigenvalue weighted by Gasteiger charge is -2.04. The molecule has 0 aromatic heterocycles. The third kappa shape index (κ3) is 5.91. The van der Waals surface area contributed by atoms with Gasteiger partial charge in [0.2, 0.25) is 5.91 Å². The molecule has 3 N–H and O–H groups in total. The normalized spacial score (nSPS) is 9.74.